The van der Waals surface area contributed by atoms with Crippen molar-refractivity contribution in [3.63, 3.8) is 0 Å². The van der Waals surface area contributed by atoms with Crippen molar-refractivity contribution in [2.24, 2.45) is 0 Å². The Labute approximate surface area is 118 Å². The maximum absolute atomic E-state index is 13.9. The summed E-state index contributed by atoms with van der Waals surface area (Å²) in [4.78, 5) is 0. The monoisotopic (exact) mass is 278 g/mol. The summed E-state index contributed by atoms with van der Waals surface area (Å²) in [5.74, 6) is -1.65. The van der Waals surface area contributed by atoms with Crippen molar-refractivity contribution in [3.05, 3.63) is 52.7 Å². The molecular formula is C16H20F2N2. The van der Waals surface area contributed by atoms with Crippen molar-refractivity contribution < 1.29 is 8.78 Å². The van der Waals surface area contributed by atoms with Crippen LogP contribution >= 0.6 is 0 Å². The first-order chi connectivity index (χ1) is 9.45. The summed E-state index contributed by atoms with van der Waals surface area (Å²) < 4.78 is 27.6. The lowest BCUT2D eigenvalue weighted by Crippen LogP contribution is -2.30. The fraction of sp³-hybridized carbons (Fsp3) is 0.375. The van der Waals surface area contributed by atoms with Crippen molar-refractivity contribution in [1.82, 2.24) is 10.6 Å². The minimum absolute atomic E-state index is 0.161. The van der Waals surface area contributed by atoms with Crippen LogP contribution in [0.15, 0.2) is 24.4 Å². The molecule has 0 saturated heterocycles. The second kappa shape index (κ2) is 5.75. The second-order valence-corrected chi connectivity index (χ2v) is 5.13. The molecule has 0 amide bonds. The van der Waals surface area contributed by atoms with E-state index in [1.165, 1.54) is 6.07 Å². The van der Waals surface area contributed by atoms with Crippen molar-refractivity contribution >= 4 is 5.70 Å². The Hall–Kier alpha value is -1.68. The molecule has 1 atom stereocenters. The molecule has 0 aliphatic carbocycles. The molecule has 1 aromatic carbocycles. The minimum atomic E-state index is -0.833. The van der Waals surface area contributed by atoms with E-state index in [1.54, 1.807) is 6.92 Å². The molecule has 0 saturated carbocycles. The molecule has 1 unspecified atom stereocenters. The van der Waals surface area contributed by atoms with Crippen LogP contribution in [0.3, 0.4) is 0 Å². The fourth-order valence-corrected chi connectivity index (χ4v) is 2.55. The summed E-state index contributed by atoms with van der Waals surface area (Å²) in [6.45, 7) is 10.6. The molecule has 4 heteroatoms. The topological polar surface area (TPSA) is 24.1 Å². The van der Waals surface area contributed by atoms with Gasteiger partial charge in [-0.2, -0.15) is 0 Å². The van der Waals surface area contributed by atoms with E-state index < -0.39 is 11.6 Å². The fourth-order valence-electron chi connectivity index (χ4n) is 2.55. The zero-order chi connectivity index (χ0) is 14.9. The summed E-state index contributed by atoms with van der Waals surface area (Å²) in [6.07, 6.45) is 2.43. The third-order valence-corrected chi connectivity index (χ3v) is 3.78. The number of likely N-dealkylation sites (N-methyl/N-ethyl adjacent to an activating group) is 1. The number of fused-ring (bicyclic) bond motifs is 2. The molecule has 0 fully saturated rings. The van der Waals surface area contributed by atoms with E-state index in [0.29, 0.717) is 12.1 Å². The molecule has 2 rings (SSSR count). The molecule has 1 aromatic rings. The third-order valence-electron chi connectivity index (χ3n) is 3.78. The normalized spacial score (nSPS) is 16.1. The lowest BCUT2D eigenvalue weighted by Gasteiger charge is -2.23. The lowest BCUT2D eigenvalue weighted by atomic mass is 9.91. The summed E-state index contributed by atoms with van der Waals surface area (Å²) in [5.41, 5.74) is 3.27. The highest BCUT2D eigenvalue weighted by molar-refractivity contribution is 5.68. The number of rotatable bonds is 3. The van der Waals surface area contributed by atoms with Crippen molar-refractivity contribution in [2.75, 3.05) is 6.54 Å². The lowest BCUT2D eigenvalue weighted by molar-refractivity contribution is 0.502. The van der Waals surface area contributed by atoms with Gasteiger partial charge in [0.15, 0.2) is 11.6 Å². The van der Waals surface area contributed by atoms with E-state index in [9.17, 15) is 8.78 Å². The van der Waals surface area contributed by atoms with Crippen LogP contribution in [0, 0.1) is 18.6 Å². The Morgan fingerprint density at radius 3 is 2.80 bits per heavy atom. The van der Waals surface area contributed by atoms with Crippen molar-refractivity contribution in [1.29, 1.82) is 0 Å². The van der Waals surface area contributed by atoms with E-state index in [4.69, 9.17) is 0 Å². The van der Waals surface area contributed by atoms with Gasteiger partial charge in [0.1, 0.15) is 0 Å². The van der Waals surface area contributed by atoms with Gasteiger partial charge in [0.25, 0.3) is 0 Å². The van der Waals surface area contributed by atoms with Gasteiger partial charge >= 0.3 is 0 Å². The Morgan fingerprint density at radius 1 is 1.45 bits per heavy atom. The van der Waals surface area contributed by atoms with E-state index in [2.05, 4.69) is 24.1 Å². The SMILES string of the molecule is C=C1NC=C(C(C)NCC)Cc2cc(F)c(F)c1c2C. The number of hydrogen-bond acceptors (Lipinski definition) is 2. The maximum atomic E-state index is 13.9. The Morgan fingerprint density at radius 2 is 2.15 bits per heavy atom. The van der Waals surface area contributed by atoms with Gasteiger partial charge in [-0.1, -0.05) is 13.5 Å². The molecule has 2 nitrogen and oxygen atoms in total. The maximum Gasteiger partial charge on any atom is 0.168 e. The van der Waals surface area contributed by atoms with Crippen LogP contribution in [0.5, 0.6) is 0 Å². The molecule has 1 aliphatic heterocycles. The van der Waals surface area contributed by atoms with Crippen molar-refractivity contribution in [3.8, 4) is 0 Å². The molecule has 0 spiro atoms. The molecule has 0 radical (unpaired) electrons. The van der Waals surface area contributed by atoms with Gasteiger partial charge in [-0.25, -0.2) is 8.78 Å². The predicted octanol–water partition coefficient (Wildman–Crippen LogP) is 3.27. The summed E-state index contributed by atoms with van der Waals surface area (Å²) in [7, 11) is 0. The van der Waals surface area contributed by atoms with E-state index in [-0.39, 0.29) is 11.6 Å². The molecule has 2 bridgehead atoms. The minimum Gasteiger partial charge on any atom is -0.362 e. The number of hydrogen-bond donors (Lipinski definition) is 2. The predicted molar refractivity (Wildman–Crippen MR) is 78.2 cm³/mol. The summed E-state index contributed by atoms with van der Waals surface area (Å²) in [6, 6.07) is 1.45. The average Bonchev–Trinajstić information content (AvgIpc) is 2.39. The molecular weight excluding hydrogens is 258 g/mol. The highest BCUT2D eigenvalue weighted by atomic mass is 19.2. The smallest absolute Gasteiger partial charge is 0.168 e. The highest BCUT2D eigenvalue weighted by Crippen LogP contribution is 2.29. The van der Waals surface area contributed by atoms with Crippen LogP contribution < -0.4 is 10.6 Å². The molecule has 1 aliphatic rings. The number of benzene rings is 1. The molecule has 20 heavy (non-hydrogen) atoms. The van der Waals surface area contributed by atoms with Gasteiger partial charge in [-0.3, -0.25) is 0 Å². The van der Waals surface area contributed by atoms with Gasteiger partial charge < -0.3 is 10.6 Å². The van der Waals surface area contributed by atoms with Gasteiger partial charge in [-0.15, -0.1) is 0 Å². The largest absolute Gasteiger partial charge is 0.362 e. The van der Waals surface area contributed by atoms with Crippen LogP contribution in [0.4, 0.5) is 8.78 Å². The van der Waals surface area contributed by atoms with E-state index >= 15 is 0 Å². The first kappa shape index (κ1) is 14.7. The van der Waals surface area contributed by atoms with Crippen LogP contribution in [-0.2, 0) is 6.42 Å². The van der Waals surface area contributed by atoms with Crippen LogP contribution in [-0.4, -0.2) is 12.6 Å². The average molecular weight is 278 g/mol. The molecule has 108 valence electrons. The first-order valence-corrected chi connectivity index (χ1v) is 6.81. The Kier molecular flexibility index (Phi) is 4.23. The number of halogens is 2. The summed E-state index contributed by atoms with van der Waals surface area (Å²) in [5, 5.41) is 6.31. The Balaban J connectivity index is 2.48. The zero-order valence-corrected chi connectivity index (χ0v) is 12.1. The van der Waals surface area contributed by atoms with Crippen molar-refractivity contribution in [2.45, 2.75) is 33.2 Å². The van der Waals surface area contributed by atoms with Gasteiger partial charge in [0.2, 0.25) is 0 Å². The first-order valence-electron chi connectivity index (χ1n) is 6.81. The zero-order valence-electron chi connectivity index (χ0n) is 12.1. The summed E-state index contributed by atoms with van der Waals surface area (Å²) >= 11 is 0. The third kappa shape index (κ3) is 2.61. The second-order valence-electron chi connectivity index (χ2n) is 5.13. The molecule has 0 aromatic heterocycles. The standard InChI is InChI=1S/C16H20F2N2/c1-5-19-10(3)13-6-12-7-14(17)16(18)15(9(12)2)11(4)20-8-13/h7-8,10,19-20H,4-6H2,1-3H3. The van der Waals surface area contributed by atoms with E-state index in [0.717, 1.165) is 23.2 Å². The van der Waals surface area contributed by atoms with Gasteiger partial charge in [-0.05, 0) is 49.6 Å². The number of nitrogens with one attached hydrogen (secondary N) is 2. The van der Waals surface area contributed by atoms with Crippen LogP contribution in [0.2, 0.25) is 0 Å². The van der Waals surface area contributed by atoms with Gasteiger partial charge in [0, 0.05) is 23.5 Å². The quantitative estimate of drug-likeness (QED) is 0.886. The molecule has 2 N–H and O–H groups in total. The molecule has 1 heterocycles. The van der Waals surface area contributed by atoms with E-state index in [1.807, 2.05) is 13.1 Å². The van der Waals surface area contributed by atoms with Gasteiger partial charge in [0.05, 0.1) is 0 Å². The van der Waals surface area contributed by atoms with Crippen LogP contribution in [0.1, 0.15) is 30.5 Å². The highest BCUT2D eigenvalue weighted by Gasteiger charge is 2.21. The van der Waals surface area contributed by atoms with Crippen LogP contribution in [0.25, 0.3) is 5.70 Å². The Bertz CT molecular complexity index is 576.